The predicted molar refractivity (Wildman–Crippen MR) is 119 cm³/mol. The summed E-state index contributed by atoms with van der Waals surface area (Å²) in [6.45, 7) is 0. The molecule has 4 aromatic rings. The van der Waals surface area contributed by atoms with Gasteiger partial charge in [0, 0.05) is 25.2 Å². The van der Waals surface area contributed by atoms with Gasteiger partial charge < -0.3 is 20.2 Å². The van der Waals surface area contributed by atoms with E-state index < -0.39 is 21.9 Å². The number of sulfonamides is 1. The van der Waals surface area contributed by atoms with E-state index in [1.54, 1.807) is 0 Å². The Morgan fingerprint density at radius 2 is 1.76 bits per heavy atom. The molecule has 0 saturated heterocycles. The Hall–Kier alpha value is -3.97. The Morgan fingerprint density at radius 3 is 2.44 bits per heavy atom. The van der Waals surface area contributed by atoms with E-state index in [0.29, 0.717) is 11.3 Å². The zero-order chi connectivity index (χ0) is 24.4. The van der Waals surface area contributed by atoms with Gasteiger partial charge in [0.2, 0.25) is 16.0 Å². The number of nitrogens with one attached hydrogen (secondary N) is 2. The number of hydrogen-bond donors (Lipinski definition) is 3. The largest absolute Gasteiger partial charge is 0.586 e. The van der Waals surface area contributed by atoms with Crippen molar-refractivity contribution < 1.29 is 26.7 Å². The van der Waals surface area contributed by atoms with Crippen LogP contribution in [0.1, 0.15) is 0 Å². The maximum absolute atomic E-state index is 13.8. The van der Waals surface area contributed by atoms with Crippen LogP contribution in [0.4, 0.5) is 14.7 Å². The van der Waals surface area contributed by atoms with Crippen LogP contribution in [0.3, 0.4) is 0 Å². The third kappa shape index (κ3) is 3.36. The van der Waals surface area contributed by atoms with E-state index >= 15 is 0 Å². The van der Waals surface area contributed by atoms with Crippen molar-refractivity contribution in [1.82, 2.24) is 19.3 Å². The molecule has 10 nitrogen and oxygen atoms in total. The molecule has 0 amide bonds. The molecular formula is C21H17F2N5O5S. The number of alkyl halides is 2. The number of benzene rings is 2. The number of ether oxygens (including phenoxy) is 2. The number of anilines is 1. The number of aromatic amines is 2. The van der Waals surface area contributed by atoms with Gasteiger partial charge in [-0.2, -0.15) is 4.98 Å². The van der Waals surface area contributed by atoms with Crippen molar-refractivity contribution in [2.24, 2.45) is 0 Å². The molecule has 0 saturated carbocycles. The molecule has 0 atom stereocenters. The monoisotopic (exact) mass is 489 g/mol. The van der Waals surface area contributed by atoms with E-state index in [-0.39, 0.29) is 44.5 Å². The van der Waals surface area contributed by atoms with Crippen molar-refractivity contribution in [1.29, 1.82) is 0 Å². The highest BCUT2D eigenvalue weighted by atomic mass is 32.2. The van der Waals surface area contributed by atoms with E-state index in [1.165, 1.54) is 56.6 Å². The van der Waals surface area contributed by atoms with Crippen molar-refractivity contribution in [2.75, 3.05) is 19.8 Å². The first-order valence-corrected chi connectivity index (χ1v) is 11.3. The van der Waals surface area contributed by atoms with Crippen LogP contribution in [-0.4, -0.2) is 48.1 Å². The zero-order valence-electron chi connectivity index (χ0n) is 17.7. The molecule has 0 aliphatic carbocycles. The number of para-hydroxylation sites is 1. The molecule has 0 bridgehead atoms. The van der Waals surface area contributed by atoms with Crippen LogP contribution >= 0.6 is 0 Å². The molecule has 5 rings (SSSR count). The van der Waals surface area contributed by atoms with Gasteiger partial charge in [-0.05, 0) is 23.8 Å². The van der Waals surface area contributed by atoms with Crippen LogP contribution in [0.15, 0.2) is 52.2 Å². The Morgan fingerprint density at radius 1 is 1.06 bits per heavy atom. The lowest BCUT2D eigenvalue weighted by Gasteiger charge is -2.12. The molecule has 13 heteroatoms. The molecule has 3 heterocycles. The van der Waals surface area contributed by atoms with Gasteiger partial charge in [0.05, 0.1) is 16.0 Å². The molecule has 0 fully saturated rings. The summed E-state index contributed by atoms with van der Waals surface area (Å²) in [5.74, 6) is -0.596. The number of hydrogen-bond acceptors (Lipinski definition) is 7. The van der Waals surface area contributed by atoms with Crippen LogP contribution in [-0.2, 0) is 10.0 Å². The fourth-order valence-electron chi connectivity index (χ4n) is 3.78. The first kappa shape index (κ1) is 21.9. The molecule has 1 aliphatic heterocycles. The number of rotatable bonds is 4. The second kappa shape index (κ2) is 7.27. The van der Waals surface area contributed by atoms with E-state index in [1.807, 2.05) is 0 Å². The highest BCUT2D eigenvalue weighted by Crippen LogP contribution is 2.50. The number of nitrogen functional groups attached to an aromatic ring is 1. The van der Waals surface area contributed by atoms with Crippen molar-refractivity contribution in [2.45, 2.75) is 11.2 Å². The van der Waals surface area contributed by atoms with Crippen LogP contribution in [0, 0.1) is 0 Å². The van der Waals surface area contributed by atoms with Gasteiger partial charge in [-0.25, -0.2) is 12.7 Å². The standard InChI is InChI=1S/C21H17F2N5O5S/c1-28(2)34(30,31)11-8-6-10(7-9-11)16-14(15-18(25-16)26-20(24)27-19(15)29)12-4-3-5-13-17(12)33-21(22,23)32-13/h3-9H,1-2H3,(H4,24,25,26,27,29). The number of fused-ring (bicyclic) bond motifs is 2. The number of aromatic nitrogens is 3. The Kier molecular flexibility index (Phi) is 4.67. The topological polar surface area (TPSA) is 143 Å². The van der Waals surface area contributed by atoms with Gasteiger partial charge in [0.25, 0.3) is 5.56 Å². The van der Waals surface area contributed by atoms with Crippen molar-refractivity contribution in [3.05, 3.63) is 52.8 Å². The van der Waals surface area contributed by atoms with Crippen LogP contribution in [0.5, 0.6) is 11.5 Å². The van der Waals surface area contributed by atoms with Crippen LogP contribution in [0.25, 0.3) is 33.4 Å². The minimum Gasteiger partial charge on any atom is -0.395 e. The van der Waals surface area contributed by atoms with E-state index in [9.17, 15) is 22.0 Å². The summed E-state index contributed by atoms with van der Waals surface area (Å²) in [7, 11) is -0.853. The summed E-state index contributed by atoms with van der Waals surface area (Å²) in [4.78, 5) is 22.4. The SMILES string of the molecule is CN(C)S(=O)(=O)c1ccc(-c2[nH]c3nc(N)[nH]c(=O)c3c2-c2cccc3c2OC(F)(F)O3)cc1. The smallest absolute Gasteiger partial charge is 0.395 e. The van der Waals surface area contributed by atoms with Gasteiger partial charge in [-0.3, -0.25) is 9.78 Å². The first-order valence-electron chi connectivity index (χ1n) is 9.81. The first-order chi connectivity index (χ1) is 16.0. The zero-order valence-corrected chi connectivity index (χ0v) is 18.5. The average molecular weight is 489 g/mol. The molecule has 1 aliphatic rings. The highest BCUT2D eigenvalue weighted by Gasteiger charge is 2.45. The molecular weight excluding hydrogens is 472 g/mol. The fraction of sp³-hybridized carbons (Fsp3) is 0.143. The van der Waals surface area contributed by atoms with Crippen molar-refractivity contribution in [3.8, 4) is 33.9 Å². The van der Waals surface area contributed by atoms with E-state index in [4.69, 9.17) is 10.5 Å². The van der Waals surface area contributed by atoms with Crippen LogP contribution < -0.4 is 20.8 Å². The fourth-order valence-corrected chi connectivity index (χ4v) is 4.68. The van der Waals surface area contributed by atoms with Crippen LogP contribution in [0.2, 0.25) is 0 Å². The number of H-pyrrole nitrogens is 2. The highest BCUT2D eigenvalue weighted by molar-refractivity contribution is 7.89. The Balaban J connectivity index is 1.78. The van der Waals surface area contributed by atoms with Gasteiger partial charge >= 0.3 is 6.29 Å². The lowest BCUT2D eigenvalue weighted by molar-refractivity contribution is -0.286. The third-order valence-corrected chi connectivity index (χ3v) is 7.13. The normalized spacial score (nSPS) is 14.7. The summed E-state index contributed by atoms with van der Waals surface area (Å²) in [5.41, 5.74) is 6.34. The molecule has 0 unspecified atom stereocenters. The van der Waals surface area contributed by atoms with Gasteiger partial charge in [-0.15, -0.1) is 8.78 Å². The molecule has 2 aromatic carbocycles. The number of halogens is 2. The maximum atomic E-state index is 13.8. The molecule has 0 radical (unpaired) electrons. The minimum atomic E-state index is -3.87. The van der Waals surface area contributed by atoms with Gasteiger partial charge in [0.1, 0.15) is 5.65 Å². The van der Waals surface area contributed by atoms with Crippen molar-refractivity contribution in [3.63, 3.8) is 0 Å². The van der Waals surface area contributed by atoms with Gasteiger partial charge in [-0.1, -0.05) is 24.3 Å². The summed E-state index contributed by atoms with van der Waals surface area (Å²) in [6, 6.07) is 10.1. The molecule has 2 aromatic heterocycles. The minimum absolute atomic E-state index is 0.0520. The molecule has 4 N–H and O–H groups in total. The third-order valence-electron chi connectivity index (χ3n) is 5.30. The maximum Gasteiger partial charge on any atom is 0.586 e. The van der Waals surface area contributed by atoms with Crippen molar-refractivity contribution >= 4 is 27.0 Å². The lowest BCUT2D eigenvalue weighted by Crippen LogP contribution is -2.26. The molecule has 34 heavy (non-hydrogen) atoms. The Labute approximate surface area is 191 Å². The summed E-state index contributed by atoms with van der Waals surface area (Å²) >= 11 is 0. The number of nitrogens with zero attached hydrogens (tertiary/aromatic N) is 2. The Bertz CT molecular complexity index is 1610. The summed E-state index contributed by atoms with van der Waals surface area (Å²) in [6.07, 6.45) is -3.87. The quantitative estimate of drug-likeness (QED) is 0.400. The second-order valence-electron chi connectivity index (χ2n) is 7.66. The average Bonchev–Trinajstić information content (AvgIpc) is 3.29. The number of nitrogens with two attached hydrogens (primary N) is 1. The summed E-state index contributed by atoms with van der Waals surface area (Å²) < 4.78 is 62.9. The van der Waals surface area contributed by atoms with Gasteiger partial charge in [0.15, 0.2) is 11.5 Å². The predicted octanol–water partition coefficient (Wildman–Crippen LogP) is 2.74. The second-order valence-corrected chi connectivity index (χ2v) is 9.81. The van der Waals surface area contributed by atoms with E-state index in [2.05, 4.69) is 19.7 Å². The lowest BCUT2D eigenvalue weighted by atomic mass is 9.98. The van der Waals surface area contributed by atoms with E-state index in [0.717, 1.165) is 4.31 Å². The molecule has 176 valence electrons. The molecule has 0 spiro atoms. The summed E-state index contributed by atoms with van der Waals surface area (Å²) in [5, 5.41) is 0.0569.